The summed E-state index contributed by atoms with van der Waals surface area (Å²) >= 11 is 0. The van der Waals surface area contributed by atoms with Gasteiger partial charge in [-0.25, -0.2) is 18.4 Å². The number of ether oxygens (including phenoxy) is 2. The number of anilines is 2. The Kier molecular flexibility index (Phi) is 14.4. The minimum Gasteiger partial charge on any atom is -0.453 e. The van der Waals surface area contributed by atoms with E-state index in [1.807, 2.05) is 0 Å². The number of hydrogen-bond acceptors (Lipinski definition) is 12. The number of alkyl carbamates (subject to hydrolysis) is 2. The molecule has 0 aromatic heterocycles. The van der Waals surface area contributed by atoms with Crippen LogP contribution in [0.4, 0.5) is 29.7 Å². The smallest absolute Gasteiger partial charge is 0.453 e. The Balaban J connectivity index is 1.11. The molecule has 332 valence electrons. The number of rotatable bonds is 14. The fraction of sp³-hybridized carbons (Fsp3) is 0.286. The van der Waals surface area contributed by atoms with Crippen LogP contribution in [0, 0.1) is 11.6 Å². The molecule has 0 bridgehead atoms. The van der Waals surface area contributed by atoms with Crippen molar-refractivity contribution in [3.8, 4) is 11.5 Å². The van der Waals surface area contributed by atoms with Gasteiger partial charge in [-0.3, -0.25) is 19.2 Å². The largest absolute Gasteiger partial charge is 0.501 e. The van der Waals surface area contributed by atoms with Crippen LogP contribution in [0.5, 0.6) is 11.5 Å². The van der Waals surface area contributed by atoms with Gasteiger partial charge in [0.25, 0.3) is 11.8 Å². The average molecular weight is 893 g/mol. The van der Waals surface area contributed by atoms with Crippen LogP contribution < -0.4 is 29.6 Å². The van der Waals surface area contributed by atoms with E-state index in [0.717, 1.165) is 50.6 Å². The Labute approximate surface area is 360 Å². The molecule has 0 aliphatic carbocycles. The van der Waals surface area contributed by atoms with Gasteiger partial charge in [-0.1, -0.05) is 60.7 Å². The number of amides is 6. The lowest BCUT2D eigenvalue weighted by molar-refractivity contribution is -0.138. The lowest BCUT2D eigenvalue weighted by atomic mass is 10.0. The molecule has 2 aliphatic rings. The number of carbonyl (C=O) groups is 6. The Morgan fingerprint density at radius 2 is 0.984 bits per heavy atom. The predicted molar refractivity (Wildman–Crippen MR) is 219 cm³/mol. The summed E-state index contributed by atoms with van der Waals surface area (Å²) in [6.07, 6.45) is -0.413. The standard InChI is InChI=1S/C42H42F2N6O12S/c1-59-41(55)47-35(25-11-5-3-6-12-25)39(53)49-21-9-15-31(49)37(51)45-27-17-19-29(43)33(23-27)61-63(57,58)62-34-24-28(18-20-30(34)44)46-38(52)32-16-10-22-50(32)40(54)36(48-42(56)60-2)26-13-7-4-8-14-26/h3-8,11-14,17-20,23-24,31-32,35-36H,9-10,15-16,21-22H2,1-2H3,(H,45,51)(H,46,52)(H,47,55)(H,48,56)/t31-,32-,35+,36+/m0/s1. The summed E-state index contributed by atoms with van der Waals surface area (Å²) in [6, 6.07) is 17.7. The topological polar surface area (TPSA) is 228 Å². The Morgan fingerprint density at radius 1 is 0.603 bits per heavy atom. The van der Waals surface area contributed by atoms with E-state index >= 15 is 0 Å². The van der Waals surface area contributed by atoms with E-state index in [4.69, 9.17) is 8.37 Å². The highest BCUT2D eigenvalue weighted by Gasteiger charge is 2.40. The highest BCUT2D eigenvalue weighted by atomic mass is 32.3. The molecule has 2 saturated heterocycles. The predicted octanol–water partition coefficient (Wildman–Crippen LogP) is 4.72. The van der Waals surface area contributed by atoms with Crippen molar-refractivity contribution in [2.75, 3.05) is 37.9 Å². The van der Waals surface area contributed by atoms with Gasteiger partial charge in [0.15, 0.2) is 23.1 Å². The first-order valence-corrected chi connectivity index (χ1v) is 20.8. The van der Waals surface area contributed by atoms with Crippen LogP contribution in [-0.2, 0) is 39.1 Å². The summed E-state index contributed by atoms with van der Waals surface area (Å²) in [7, 11) is -3.01. The molecule has 0 spiro atoms. The summed E-state index contributed by atoms with van der Waals surface area (Å²) in [4.78, 5) is 81.3. The Hall–Kier alpha value is -7.29. The number of nitrogens with one attached hydrogen (secondary N) is 4. The third-order valence-corrected chi connectivity index (χ3v) is 10.9. The van der Waals surface area contributed by atoms with Crippen LogP contribution in [0.15, 0.2) is 97.1 Å². The van der Waals surface area contributed by atoms with E-state index in [-0.39, 0.29) is 37.3 Å². The minimum atomic E-state index is -5.29. The van der Waals surface area contributed by atoms with Crippen LogP contribution in [0.2, 0.25) is 0 Å². The van der Waals surface area contributed by atoms with Crippen molar-refractivity contribution >= 4 is 57.6 Å². The average Bonchev–Trinajstić information content (AvgIpc) is 3.98. The third kappa shape index (κ3) is 11.2. The van der Waals surface area contributed by atoms with Crippen molar-refractivity contribution in [2.45, 2.75) is 49.9 Å². The molecule has 4 aromatic carbocycles. The maximum atomic E-state index is 14.9. The molecule has 18 nitrogen and oxygen atoms in total. The summed E-state index contributed by atoms with van der Waals surface area (Å²) in [5.74, 6) is -6.88. The molecule has 63 heavy (non-hydrogen) atoms. The second kappa shape index (κ2) is 20.1. The van der Waals surface area contributed by atoms with E-state index in [9.17, 15) is 46.0 Å². The van der Waals surface area contributed by atoms with Crippen LogP contribution in [0.1, 0.15) is 48.9 Å². The van der Waals surface area contributed by atoms with E-state index in [1.165, 1.54) is 9.80 Å². The second-order valence-corrected chi connectivity index (χ2v) is 15.3. The highest BCUT2D eigenvalue weighted by molar-refractivity contribution is 7.82. The molecule has 4 N–H and O–H groups in total. The van der Waals surface area contributed by atoms with Gasteiger partial charge < -0.3 is 48.9 Å². The molecular formula is C42H42F2N6O12S. The van der Waals surface area contributed by atoms with E-state index in [2.05, 4.69) is 30.7 Å². The molecular weight excluding hydrogens is 851 g/mol. The van der Waals surface area contributed by atoms with Gasteiger partial charge >= 0.3 is 22.6 Å². The van der Waals surface area contributed by atoms with Crippen molar-refractivity contribution in [1.82, 2.24) is 20.4 Å². The molecule has 4 aromatic rings. The van der Waals surface area contributed by atoms with Crippen molar-refractivity contribution in [3.63, 3.8) is 0 Å². The fourth-order valence-corrected chi connectivity index (χ4v) is 7.86. The van der Waals surface area contributed by atoms with Crippen molar-refractivity contribution in [3.05, 3.63) is 120 Å². The zero-order valence-electron chi connectivity index (χ0n) is 33.7. The molecule has 0 unspecified atom stereocenters. The first kappa shape index (κ1) is 45.2. The molecule has 21 heteroatoms. The number of halogens is 2. The van der Waals surface area contributed by atoms with Crippen LogP contribution in [0.25, 0.3) is 0 Å². The van der Waals surface area contributed by atoms with Crippen LogP contribution in [0.3, 0.4) is 0 Å². The zero-order valence-corrected chi connectivity index (χ0v) is 34.6. The number of nitrogens with zero attached hydrogens (tertiary/aromatic N) is 2. The van der Waals surface area contributed by atoms with E-state index < -0.39 is 93.5 Å². The molecule has 2 fully saturated rings. The monoisotopic (exact) mass is 892 g/mol. The summed E-state index contributed by atoms with van der Waals surface area (Å²) in [5, 5.41) is 10.0. The third-order valence-electron chi connectivity index (χ3n) is 10.1. The number of likely N-dealkylation sites (tertiary alicyclic amines) is 2. The van der Waals surface area contributed by atoms with Gasteiger partial charge in [-0.2, -0.15) is 0 Å². The van der Waals surface area contributed by atoms with Crippen molar-refractivity contribution in [2.24, 2.45) is 0 Å². The summed E-state index contributed by atoms with van der Waals surface area (Å²) in [5.41, 5.74) is 0.607. The Morgan fingerprint density at radius 3 is 1.35 bits per heavy atom. The van der Waals surface area contributed by atoms with Crippen LogP contribution >= 0.6 is 0 Å². The molecule has 2 heterocycles. The number of benzene rings is 4. The molecule has 0 saturated carbocycles. The zero-order chi connectivity index (χ0) is 45.3. The van der Waals surface area contributed by atoms with Gasteiger partial charge in [0, 0.05) is 36.6 Å². The first-order chi connectivity index (χ1) is 30.2. The SMILES string of the molecule is COC(=O)N[C@@H](C(=O)N1CCC[C@H]1C(=O)Nc1ccc(F)c(OS(=O)(=O)Oc2cc(NC(=O)[C@@H]3CCCN3C(=O)[C@H](NC(=O)OC)c3ccccc3)ccc2F)c1)c1ccccc1. The Bertz CT molecular complexity index is 2300. The van der Waals surface area contributed by atoms with E-state index in [1.54, 1.807) is 60.7 Å². The molecule has 4 atom stereocenters. The van der Waals surface area contributed by atoms with Crippen molar-refractivity contribution < 1.29 is 63.8 Å². The minimum absolute atomic E-state index is 0.135. The first-order valence-electron chi connectivity index (χ1n) is 19.4. The highest BCUT2D eigenvalue weighted by Crippen LogP contribution is 2.31. The summed E-state index contributed by atoms with van der Waals surface area (Å²) in [6.45, 7) is 0.337. The lowest BCUT2D eigenvalue weighted by Crippen LogP contribution is -2.48. The van der Waals surface area contributed by atoms with Gasteiger partial charge in [0.05, 0.1) is 14.2 Å². The van der Waals surface area contributed by atoms with Gasteiger partial charge in [0.2, 0.25) is 11.8 Å². The number of methoxy groups -OCH3 is 2. The molecule has 6 rings (SSSR count). The maximum Gasteiger partial charge on any atom is 0.501 e. The second-order valence-electron chi connectivity index (χ2n) is 14.2. The van der Waals surface area contributed by atoms with Crippen LogP contribution in [-0.4, -0.2) is 93.4 Å². The molecule has 2 aliphatic heterocycles. The van der Waals surface area contributed by atoms with E-state index in [0.29, 0.717) is 24.0 Å². The quantitative estimate of drug-likeness (QED) is 0.135. The molecule has 6 amide bonds. The normalized spacial score (nSPS) is 16.8. The number of carbonyl (C=O) groups excluding carboxylic acids is 6. The van der Waals surface area contributed by atoms with Gasteiger partial charge in [0.1, 0.15) is 24.2 Å². The lowest BCUT2D eigenvalue weighted by Gasteiger charge is -2.28. The molecule has 0 radical (unpaired) electrons. The summed E-state index contributed by atoms with van der Waals surface area (Å²) < 4.78 is 75.0. The van der Waals surface area contributed by atoms with Crippen molar-refractivity contribution in [1.29, 1.82) is 0 Å². The number of hydrogen-bond donors (Lipinski definition) is 4. The fourth-order valence-electron chi connectivity index (χ4n) is 7.14. The maximum absolute atomic E-state index is 14.9. The van der Waals surface area contributed by atoms with Gasteiger partial charge in [-0.15, -0.1) is 8.42 Å². The van der Waals surface area contributed by atoms with Gasteiger partial charge in [-0.05, 0) is 61.1 Å².